The number of benzene rings is 1. The van der Waals surface area contributed by atoms with Crippen molar-refractivity contribution in [2.24, 2.45) is 10.7 Å². The minimum Gasteiger partial charge on any atom is -0.382 e. The second kappa shape index (κ2) is 12.9. The Morgan fingerprint density at radius 3 is 2.48 bits per heavy atom. The van der Waals surface area contributed by atoms with Crippen molar-refractivity contribution in [3.05, 3.63) is 35.4 Å². The number of guanidine groups is 1. The van der Waals surface area contributed by atoms with Crippen molar-refractivity contribution in [1.29, 1.82) is 0 Å². The molecule has 5 heteroatoms. The molecule has 0 aliphatic carbocycles. The Balaban J connectivity index is 0.00000400. The Morgan fingerprint density at radius 1 is 1.19 bits per heavy atom. The second-order valence-corrected chi connectivity index (χ2v) is 4.66. The maximum atomic E-state index is 5.80. The number of ether oxygens (including phenoxy) is 1. The van der Waals surface area contributed by atoms with Gasteiger partial charge in [-0.1, -0.05) is 31.2 Å². The molecule has 1 aromatic carbocycles. The molecule has 1 rings (SSSR count). The SMILES string of the molecule is CCOCCCN=C(N)NCCc1ccc(CC)cc1.I. The normalized spacial score (nSPS) is 11.0. The summed E-state index contributed by atoms with van der Waals surface area (Å²) in [5, 5.41) is 3.14. The van der Waals surface area contributed by atoms with E-state index in [0.29, 0.717) is 12.5 Å². The zero-order valence-electron chi connectivity index (χ0n) is 13.1. The lowest BCUT2D eigenvalue weighted by atomic mass is 10.1. The first-order chi connectivity index (χ1) is 9.76. The molecular formula is C16H28IN3O. The highest BCUT2D eigenvalue weighted by molar-refractivity contribution is 14.0. The molecule has 3 N–H and O–H groups in total. The summed E-state index contributed by atoms with van der Waals surface area (Å²) < 4.78 is 5.24. The molecule has 0 unspecified atom stereocenters. The van der Waals surface area contributed by atoms with Gasteiger partial charge in [0.15, 0.2) is 5.96 Å². The molecule has 0 radical (unpaired) electrons. The number of nitrogens with zero attached hydrogens (tertiary/aromatic N) is 1. The highest BCUT2D eigenvalue weighted by Gasteiger charge is 1.95. The van der Waals surface area contributed by atoms with Crippen LogP contribution in [0.15, 0.2) is 29.3 Å². The molecule has 4 nitrogen and oxygen atoms in total. The predicted octanol–water partition coefficient (Wildman–Crippen LogP) is 2.74. The topological polar surface area (TPSA) is 59.6 Å². The fraction of sp³-hybridized carbons (Fsp3) is 0.562. The van der Waals surface area contributed by atoms with Gasteiger partial charge in [0.1, 0.15) is 0 Å². The van der Waals surface area contributed by atoms with Crippen LogP contribution in [0.5, 0.6) is 0 Å². The van der Waals surface area contributed by atoms with Crippen molar-refractivity contribution >= 4 is 29.9 Å². The summed E-state index contributed by atoms with van der Waals surface area (Å²) in [6.07, 6.45) is 2.95. The van der Waals surface area contributed by atoms with E-state index in [-0.39, 0.29) is 24.0 Å². The Morgan fingerprint density at radius 2 is 1.86 bits per heavy atom. The standard InChI is InChI=1S/C16H27N3O.HI/c1-3-14-6-8-15(9-7-14)10-12-19-16(17)18-11-5-13-20-4-2;/h6-9H,3-5,10-13H2,1-2H3,(H3,17,18,19);1H. The summed E-state index contributed by atoms with van der Waals surface area (Å²) in [7, 11) is 0. The van der Waals surface area contributed by atoms with Gasteiger partial charge in [-0.2, -0.15) is 0 Å². The minimum absolute atomic E-state index is 0. The van der Waals surface area contributed by atoms with E-state index < -0.39 is 0 Å². The van der Waals surface area contributed by atoms with Gasteiger partial charge >= 0.3 is 0 Å². The van der Waals surface area contributed by atoms with Crippen molar-refractivity contribution in [2.45, 2.75) is 33.1 Å². The average Bonchev–Trinajstić information content (AvgIpc) is 2.48. The summed E-state index contributed by atoms with van der Waals surface area (Å²) in [5.74, 6) is 0.520. The molecule has 21 heavy (non-hydrogen) atoms. The zero-order chi connectivity index (χ0) is 14.6. The first-order valence-corrected chi connectivity index (χ1v) is 7.45. The van der Waals surface area contributed by atoms with Crippen LogP contribution in [0.2, 0.25) is 0 Å². The Kier molecular flexibility index (Phi) is 12.4. The molecule has 0 fully saturated rings. The Labute approximate surface area is 145 Å². The number of hydrogen-bond donors (Lipinski definition) is 2. The monoisotopic (exact) mass is 405 g/mol. The fourth-order valence-corrected chi connectivity index (χ4v) is 1.84. The van der Waals surface area contributed by atoms with E-state index in [1.807, 2.05) is 6.92 Å². The van der Waals surface area contributed by atoms with Crippen LogP contribution in [0.25, 0.3) is 0 Å². The van der Waals surface area contributed by atoms with Crippen LogP contribution in [0, 0.1) is 0 Å². The molecule has 0 saturated carbocycles. The molecule has 0 saturated heterocycles. The highest BCUT2D eigenvalue weighted by atomic mass is 127. The third kappa shape index (κ3) is 9.68. The largest absolute Gasteiger partial charge is 0.382 e. The number of halogens is 1. The molecule has 0 atom stereocenters. The minimum atomic E-state index is 0. The van der Waals surface area contributed by atoms with E-state index in [1.54, 1.807) is 0 Å². The summed E-state index contributed by atoms with van der Waals surface area (Å²) in [5.41, 5.74) is 8.49. The third-order valence-corrected chi connectivity index (χ3v) is 3.08. The van der Waals surface area contributed by atoms with Gasteiger partial charge in [-0.3, -0.25) is 4.99 Å². The van der Waals surface area contributed by atoms with Crippen LogP contribution in [0.1, 0.15) is 31.4 Å². The Bertz CT molecular complexity index is 393. The molecule has 0 aromatic heterocycles. The number of hydrogen-bond acceptors (Lipinski definition) is 2. The summed E-state index contributed by atoms with van der Waals surface area (Å²) in [6.45, 7) is 7.19. The first kappa shape index (κ1) is 20.2. The summed E-state index contributed by atoms with van der Waals surface area (Å²) >= 11 is 0. The summed E-state index contributed by atoms with van der Waals surface area (Å²) in [4.78, 5) is 4.26. The van der Waals surface area contributed by atoms with Gasteiger partial charge in [0.2, 0.25) is 0 Å². The number of aryl methyl sites for hydroxylation is 1. The highest BCUT2D eigenvalue weighted by Crippen LogP contribution is 2.05. The van der Waals surface area contributed by atoms with E-state index in [0.717, 1.165) is 39.0 Å². The van der Waals surface area contributed by atoms with E-state index in [4.69, 9.17) is 10.5 Å². The number of nitrogens with two attached hydrogens (primary N) is 1. The van der Waals surface area contributed by atoms with Crippen LogP contribution in [0.4, 0.5) is 0 Å². The smallest absolute Gasteiger partial charge is 0.188 e. The third-order valence-electron chi connectivity index (χ3n) is 3.08. The Hall–Kier alpha value is -0.820. The molecular weight excluding hydrogens is 377 g/mol. The maximum absolute atomic E-state index is 5.80. The van der Waals surface area contributed by atoms with Crippen molar-refractivity contribution in [1.82, 2.24) is 5.32 Å². The quantitative estimate of drug-likeness (QED) is 0.288. The predicted molar refractivity (Wildman–Crippen MR) is 101 cm³/mol. The molecule has 0 heterocycles. The number of nitrogens with one attached hydrogen (secondary N) is 1. The molecule has 0 aliphatic heterocycles. The van der Waals surface area contributed by atoms with Crippen molar-refractivity contribution in [3.8, 4) is 0 Å². The zero-order valence-corrected chi connectivity index (χ0v) is 15.4. The van der Waals surface area contributed by atoms with Crippen molar-refractivity contribution < 1.29 is 4.74 Å². The van der Waals surface area contributed by atoms with E-state index >= 15 is 0 Å². The van der Waals surface area contributed by atoms with Crippen molar-refractivity contribution in [2.75, 3.05) is 26.3 Å². The van der Waals surface area contributed by atoms with E-state index in [1.165, 1.54) is 11.1 Å². The lowest BCUT2D eigenvalue weighted by Crippen LogP contribution is -2.33. The number of aliphatic imine (C=N–C) groups is 1. The van der Waals surface area contributed by atoms with Crippen LogP contribution >= 0.6 is 24.0 Å². The first-order valence-electron chi connectivity index (χ1n) is 7.45. The molecule has 0 bridgehead atoms. The van der Waals surface area contributed by atoms with Gasteiger partial charge in [0.05, 0.1) is 0 Å². The van der Waals surface area contributed by atoms with Crippen LogP contribution in [-0.2, 0) is 17.6 Å². The molecule has 1 aromatic rings. The lowest BCUT2D eigenvalue weighted by molar-refractivity contribution is 0.146. The van der Waals surface area contributed by atoms with Gasteiger partial charge in [-0.05, 0) is 37.3 Å². The van der Waals surface area contributed by atoms with Crippen LogP contribution < -0.4 is 11.1 Å². The van der Waals surface area contributed by atoms with Crippen molar-refractivity contribution in [3.63, 3.8) is 0 Å². The van der Waals surface area contributed by atoms with E-state index in [9.17, 15) is 0 Å². The van der Waals surface area contributed by atoms with Gasteiger partial charge in [0.25, 0.3) is 0 Å². The summed E-state index contributed by atoms with van der Waals surface area (Å²) in [6, 6.07) is 8.72. The van der Waals surface area contributed by atoms with Gasteiger partial charge in [0, 0.05) is 26.3 Å². The van der Waals surface area contributed by atoms with Gasteiger partial charge in [-0.25, -0.2) is 0 Å². The maximum Gasteiger partial charge on any atom is 0.188 e. The molecule has 0 amide bonds. The fourth-order valence-electron chi connectivity index (χ4n) is 1.84. The van der Waals surface area contributed by atoms with Gasteiger partial charge in [-0.15, -0.1) is 24.0 Å². The van der Waals surface area contributed by atoms with Crippen LogP contribution in [-0.4, -0.2) is 32.3 Å². The van der Waals surface area contributed by atoms with E-state index in [2.05, 4.69) is 41.5 Å². The second-order valence-electron chi connectivity index (χ2n) is 4.66. The lowest BCUT2D eigenvalue weighted by Gasteiger charge is -2.06. The average molecular weight is 405 g/mol. The van der Waals surface area contributed by atoms with Gasteiger partial charge < -0.3 is 15.8 Å². The number of rotatable bonds is 9. The molecule has 0 aliphatic rings. The molecule has 0 spiro atoms. The molecule has 120 valence electrons. The van der Waals surface area contributed by atoms with Crippen LogP contribution in [0.3, 0.4) is 0 Å².